The van der Waals surface area contributed by atoms with E-state index in [0.717, 1.165) is 32.8 Å². The zero-order valence-corrected chi connectivity index (χ0v) is 15.5. The monoisotopic (exact) mass is 371 g/mol. The van der Waals surface area contributed by atoms with Crippen LogP contribution in [0.15, 0.2) is 35.1 Å². The lowest BCUT2D eigenvalue weighted by Crippen LogP contribution is -2.35. The zero-order valence-electron chi connectivity index (χ0n) is 14.6. The maximum Gasteiger partial charge on any atom is 0.275 e. The fourth-order valence-electron chi connectivity index (χ4n) is 3.05. The number of hydrogen-bond donors (Lipinski definition) is 1. The van der Waals surface area contributed by atoms with Gasteiger partial charge in [0.25, 0.3) is 5.56 Å². The summed E-state index contributed by atoms with van der Waals surface area (Å²) in [5, 5.41) is 8.37. The molecule has 1 aromatic carbocycles. The second-order valence-corrected chi connectivity index (χ2v) is 7.30. The van der Waals surface area contributed by atoms with Crippen molar-refractivity contribution in [1.29, 1.82) is 0 Å². The van der Waals surface area contributed by atoms with Gasteiger partial charge in [-0.15, -0.1) is 5.10 Å². The number of anilines is 1. The molecule has 0 unspecified atom stereocenters. The Hall–Kier alpha value is -2.29. The second-order valence-electron chi connectivity index (χ2n) is 6.35. The number of morpholine rings is 1. The Morgan fingerprint density at radius 2 is 2.00 bits per heavy atom. The Kier molecular flexibility index (Phi) is 4.96. The van der Waals surface area contributed by atoms with Gasteiger partial charge in [0.05, 0.1) is 13.2 Å². The number of aromatic nitrogens is 3. The minimum atomic E-state index is -0.149. The molecule has 0 radical (unpaired) electrons. The number of nitrogens with one attached hydrogen (secondary N) is 1. The van der Waals surface area contributed by atoms with Crippen molar-refractivity contribution >= 4 is 21.4 Å². The number of fused-ring (bicyclic) bond motifs is 1. The van der Waals surface area contributed by atoms with Crippen LogP contribution in [-0.2, 0) is 17.8 Å². The van der Waals surface area contributed by atoms with E-state index in [-0.39, 0.29) is 5.56 Å². The Balaban J connectivity index is 1.49. The van der Waals surface area contributed by atoms with E-state index in [1.54, 1.807) is 0 Å². The minimum absolute atomic E-state index is 0.149. The molecule has 26 heavy (non-hydrogen) atoms. The van der Waals surface area contributed by atoms with Gasteiger partial charge in [-0.3, -0.25) is 9.69 Å². The third-order valence-electron chi connectivity index (χ3n) is 4.42. The van der Waals surface area contributed by atoms with Gasteiger partial charge in [0.15, 0.2) is 0 Å². The summed E-state index contributed by atoms with van der Waals surface area (Å²) in [7, 11) is 0. The van der Waals surface area contributed by atoms with Crippen molar-refractivity contribution in [3.05, 3.63) is 57.5 Å². The average molecular weight is 371 g/mol. The van der Waals surface area contributed by atoms with E-state index in [1.165, 1.54) is 33.0 Å². The quantitative estimate of drug-likeness (QED) is 0.739. The molecule has 0 bridgehead atoms. The normalized spacial score (nSPS) is 15.4. The standard InChI is InChI=1S/C18H21N5O2S/c1-13-10-16(24)23-18(20-13)26-17(21-23)19-11-14-4-2-3-5-15(14)12-22-6-8-25-9-7-22/h2-5,10H,6-9,11-12H2,1H3,(H,19,21). The highest BCUT2D eigenvalue weighted by Crippen LogP contribution is 2.19. The summed E-state index contributed by atoms with van der Waals surface area (Å²) < 4.78 is 6.77. The molecule has 0 saturated carbocycles. The number of rotatable bonds is 5. The molecule has 136 valence electrons. The third kappa shape index (κ3) is 3.77. The van der Waals surface area contributed by atoms with E-state index < -0.39 is 0 Å². The summed E-state index contributed by atoms with van der Waals surface area (Å²) in [6.07, 6.45) is 0. The van der Waals surface area contributed by atoms with Crippen LogP contribution in [0, 0.1) is 6.92 Å². The van der Waals surface area contributed by atoms with Crippen molar-refractivity contribution < 1.29 is 4.74 Å². The Morgan fingerprint density at radius 1 is 1.23 bits per heavy atom. The van der Waals surface area contributed by atoms with Crippen LogP contribution in [0.2, 0.25) is 0 Å². The summed E-state index contributed by atoms with van der Waals surface area (Å²) in [6.45, 7) is 6.92. The number of benzene rings is 1. The topological polar surface area (TPSA) is 71.8 Å². The van der Waals surface area contributed by atoms with Gasteiger partial charge in [-0.25, -0.2) is 4.98 Å². The molecule has 1 aliphatic heterocycles. The fraction of sp³-hybridized carbons (Fsp3) is 0.389. The van der Waals surface area contributed by atoms with E-state index in [2.05, 4.69) is 38.5 Å². The first kappa shape index (κ1) is 17.1. The summed E-state index contributed by atoms with van der Waals surface area (Å²) in [5.74, 6) is 0. The molecular formula is C18H21N5O2S. The number of aryl methyl sites for hydroxylation is 1. The average Bonchev–Trinajstić information content (AvgIpc) is 3.05. The molecular weight excluding hydrogens is 350 g/mol. The van der Waals surface area contributed by atoms with Crippen molar-refractivity contribution in [2.24, 2.45) is 0 Å². The minimum Gasteiger partial charge on any atom is -0.379 e. The lowest BCUT2D eigenvalue weighted by Gasteiger charge is -2.27. The molecule has 1 N–H and O–H groups in total. The van der Waals surface area contributed by atoms with Crippen molar-refractivity contribution in [3.63, 3.8) is 0 Å². The predicted molar refractivity (Wildman–Crippen MR) is 102 cm³/mol. The Morgan fingerprint density at radius 3 is 2.81 bits per heavy atom. The van der Waals surface area contributed by atoms with Crippen LogP contribution in [-0.4, -0.2) is 45.8 Å². The van der Waals surface area contributed by atoms with Crippen LogP contribution in [0.4, 0.5) is 5.13 Å². The first-order valence-corrected chi connectivity index (χ1v) is 9.49. The van der Waals surface area contributed by atoms with E-state index in [0.29, 0.717) is 22.3 Å². The van der Waals surface area contributed by atoms with Crippen molar-refractivity contribution in [3.8, 4) is 0 Å². The van der Waals surface area contributed by atoms with Crippen LogP contribution < -0.4 is 10.9 Å². The number of ether oxygens (including phenoxy) is 1. The molecule has 3 aromatic rings. The molecule has 1 aliphatic rings. The Bertz CT molecular complexity index is 962. The van der Waals surface area contributed by atoms with Gasteiger partial charge in [0, 0.05) is 37.9 Å². The van der Waals surface area contributed by atoms with Crippen LogP contribution in [0.5, 0.6) is 0 Å². The fourth-order valence-corrected chi connectivity index (χ4v) is 3.89. The first-order chi connectivity index (χ1) is 12.7. The predicted octanol–water partition coefficient (Wildman–Crippen LogP) is 1.90. The van der Waals surface area contributed by atoms with Crippen LogP contribution in [0.3, 0.4) is 0 Å². The molecule has 8 heteroatoms. The van der Waals surface area contributed by atoms with Crippen molar-refractivity contribution in [1.82, 2.24) is 19.5 Å². The van der Waals surface area contributed by atoms with E-state index in [9.17, 15) is 4.79 Å². The largest absolute Gasteiger partial charge is 0.379 e. The third-order valence-corrected chi connectivity index (χ3v) is 5.29. The van der Waals surface area contributed by atoms with Crippen LogP contribution in [0.1, 0.15) is 16.8 Å². The highest BCUT2D eigenvalue weighted by atomic mass is 32.1. The lowest BCUT2D eigenvalue weighted by atomic mass is 10.1. The summed E-state index contributed by atoms with van der Waals surface area (Å²) >= 11 is 1.39. The SMILES string of the molecule is Cc1cc(=O)n2nc(NCc3ccccc3CN3CCOCC3)sc2n1. The van der Waals surface area contributed by atoms with E-state index in [4.69, 9.17) is 4.74 Å². The summed E-state index contributed by atoms with van der Waals surface area (Å²) in [4.78, 5) is 19.4. The van der Waals surface area contributed by atoms with Crippen molar-refractivity contribution in [2.45, 2.75) is 20.0 Å². The van der Waals surface area contributed by atoms with Crippen LogP contribution in [0.25, 0.3) is 4.96 Å². The molecule has 7 nitrogen and oxygen atoms in total. The summed E-state index contributed by atoms with van der Waals surface area (Å²) in [6, 6.07) is 9.91. The first-order valence-electron chi connectivity index (χ1n) is 8.67. The number of hydrogen-bond acceptors (Lipinski definition) is 7. The molecule has 3 heterocycles. The van der Waals surface area contributed by atoms with Gasteiger partial charge in [-0.1, -0.05) is 35.6 Å². The van der Waals surface area contributed by atoms with Gasteiger partial charge in [0.2, 0.25) is 10.1 Å². The molecule has 2 aromatic heterocycles. The van der Waals surface area contributed by atoms with Gasteiger partial charge >= 0.3 is 0 Å². The van der Waals surface area contributed by atoms with Gasteiger partial charge in [0.1, 0.15) is 0 Å². The summed E-state index contributed by atoms with van der Waals surface area (Å²) in [5.41, 5.74) is 3.09. The van der Waals surface area contributed by atoms with Gasteiger partial charge in [-0.05, 0) is 18.1 Å². The smallest absolute Gasteiger partial charge is 0.275 e. The van der Waals surface area contributed by atoms with E-state index in [1.807, 2.05) is 13.0 Å². The van der Waals surface area contributed by atoms with Gasteiger partial charge in [-0.2, -0.15) is 4.52 Å². The molecule has 1 saturated heterocycles. The van der Waals surface area contributed by atoms with Crippen LogP contribution >= 0.6 is 11.3 Å². The molecule has 0 aliphatic carbocycles. The maximum absolute atomic E-state index is 12.0. The molecule has 0 spiro atoms. The molecule has 0 atom stereocenters. The highest BCUT2D eigenvalue weighted by molar-refractivity contribution is 7.20. The Labute approximate surface area is 155 Å². The second kappa shape index (κ2) is 7.53. The maximum atomic E-state index is 12.0. The van der Waals surface area contributed by atoms with E-state index >= 15 is 0 Å². The lowest BCUT2D eigenvalue weighted by molar-refractivity contribution is 0.0341. The zero-order chi connectivity index (χ0) is 17.9. The van der Waals surface area contributed by atoms with Crippen molar-refractivity contribution in [2.75, 3.05) is 31.6 Å². The molecule has 0 amide bonds. The number of nitrogens with zero attached hydrogens (tertiary/aromatic N) is 4. The molecule has 1 fully saturated rings. The highest BCUT2D eigenvalue weighted by Gasteiger charge is 2.13. The van der Waals surface area contributed by atoms with Gasteiger partial charge < -0.3 is 10.1 Å². The molecule has 4 rings (SSSR count).